The molecule has 1 fully saturated rings. The van der Waals surface area contributed by atoms with Crippen LogP contribution in [0.3, 0.4) is 0 Å². The fraction of sp³-hybridized carbons (Fsp3) is 0.833. The summed E-state index contributed by atoms with van der Waals surface area (Å²) in [6.45, 7) is 20.6. The minimum atomic E-state index is -1.16. The van der Waals surface area contributed by atoms with Gasteiger partial charge in [-0.05, 0) is 0 Å². The summed E-state index contributed by atoms with van der Waals surface area (Å²) in [6.07, 6.45) is 15.6. The first kappa shape index (κ1) is 24.7. The van der Waals surface area contributed by atoms with Gasteiger partial charge in [0, 0.05) is 0 Å². The van der Waals surface area contributed by atoms with Crippen LogP contribution in [-0.2, 0) is 0 Å². The molecule has 1 aliphatic heterocycles. The van der Waals surface area contributed by atoms with Gasteiger partial charge in [-0.15, -0.1) is 0 Å². The quantitative estimate of drug-likeness (QED) is 0.213. The van der Waals surface area contributed by atoms with E-state index in [-0.39, 0.29) is 5.54 Å². The molecule has 0 aliphatic carbocycles. The van der Waals surface area contributed by atoms with Crippen LogP contribution in [0.4, 0.5) is 0 Å². The molecule has 0 radical (unpaired) electrons. The first-order valence-corrected chi connectivity index (χ1v) is 15.3. The van der Waals surface area contributed by atoms with E-state index in [0.717, 1.165) is 25.7 Å². The van der Waals surface area contributed by atoms with Crippen molar-refractivity contribution in [3.63, 3.8) is 0 Å². The SMILES string of the molecule is C=C1N(CCC(C)/C(=C\CC)CCCCCCCC)CC1(N)C[PH](C)(C)C. The Labute approximate surface area is 171 Å². The van der Waals surface area contributed by atoms with Crippen molar-refractivity contribution in [3.05, 3.63) is 23.9 Å². The zero-order valence-electron chi connectivity index (χ0n) is 19.4. The van der Waals surface area contributed by atoms with Gasteiger partial charge in [-0.25, -0.2) is 0 Å². The van der Waals surface area contributed by atoms with Crippen LogP contribution >= 0.6 is 7.26 Å². The predicted molar refractivity (Wildman–Crippen MR) is 129 cm³/mol. The van der Waals surface area contributed by atoms with Crippen LogP contribution in [-0.4, -0.2) is 49.7 Å². The summed E-state index contributed by atoms with van der Waals surface area (Å²) in [4.78, 5) is 2.44. The summed E-state index contributed by atoms with van der Waals surface area (Å²) >= 11 is 0. The molecule has 0 amide bonds. The van der Waals surface area contributed by atoms with Crippen LogP contribution in [0.25, 0.3) is 0 Å². The van der Waals surface area contributed by atoms with E-state index < -0.39 is 7.26 Å². The van der Waals surface area contributed by atoms with E-state index in [2.05, 4.69) is 58.3 Å². The number of likely N-dealkylation sites (tertiary alicyclic amines) is 1. The number of allylic oxidation sites excluding steroid dienone is 2. The fourth-order valence-corrected chi connectivity index (χ4v) is 6.73. The molecule has 2 N–H and O–H groups in total. The van der Waals surface area contributed by atoms with Gasteiger partial charge in [-0.3, -0.25) is 0 Å². The Hall–Kier alpha value is -0.330. The molecule has 0 aromatic rings. The molecule has 0 bridgehead atoms. The molecule has 0 spiro atoms. The van der Waals surface area contributed by atoms with Gasteiger partial charge in [-0.1, -0.05) is 26.2 Å². The van der Waals surface area contributed by atoms with Crippen molar-refractivity contribution < 1.29 is 0 Å². The van der Waals surface area contributed by atoms with Gasteiger partial charge in [0.05, 0.1) is 0 Å². The molecule has 1 saturated heterocycles. The maximum absolute atomic E-state index is 6.63. The minimum absolute atomic E-state index is 0.117. The second-order valence-electron chi connectivity index (χ2n) is 10.2. The Kier molecular flexibility index (Phi) is 10.6. The van der Waals surface area contributed by atoms with Gasteiger partial charge in [0.1, 0.15) is 0 Å². The average molecular weight is 397 g/mol. The molecule has 2 unspecified atom stereocenters. The van der Waals surface area contributed by atoms with Crippen LogP contribution in [0.15, 0.2) is 23.9 Å². The molecule has 27 heavy (non-hydrogen) atoms. The standard InChI is InChI=1S/C24H49N2P/c1-8-10-11-12-13-14-16-23(15-9-2)21(3)17-18-26-19-24(25,22(26)4)20-27(5,6)7/h15,21,27H,4,8-14,16-20,25H2,1-3,5-7H3/b23-15-. The molecular weight excluding hydrogens is 347 g/mol. The van der Waals surface area contributed by atoms with Crippen LogP contribution in [0.1, 0.15) is 78.6 Å². The van der Waals surface area contributed by atoms with Gasteiger partial charge >= 0.3 is 145 Å². The Morgan fingerprint density at radius 1 is 1.19 bits per heavy atom. The van der Waals surface area contributed by atoms with E-state index in [4.69, 9.17) is 5.73 Å². The van der Waals surface area contributed by atoms with Crippen molar-refractivity contribution >= 4 is 7.26 Å². The molecule has 1 aliphatic rings. The Bertz CT molecular complexity index is 477. The molecule has 160 valence electrons. The van der Waals surface area contributed by atoms with Gasteiger partial charge in [0.15, 0.2) is 0 Å². The van der Waals surface area contributed by atoms with E-state index in [1.165, 1.54) is 57.1 Å². The molecule has 2 nitrogen and oxygen atoms in total. The topological polar surface area (TPSA) is 29.3 Å². The predicted octanol–water partition coefficient (Wildman–Crippen LogP) is 6.27. The van der Waals surface area contributed by atoms with Gasteiger partial charge in [0.2, 0.25) is 0 Å². The van der Waals surface area contributed by atoms with Crippen molar-refractivity contribution in [3.8, 4) is 0 Å². The van der Waals surface area contributed by atoms with Crippen LogP contribution in [0.2, 0.25) is 0 Å². The van der Waals surface area contributed by atoms with Crippen molar-refractivity contribution in [2.24, 2.45) is 11.7 Å². The Balaban J connectivity index is 2.37. The third-order valence-electron chi connectivity index (χ3n) is 6.03. The van der Waals surface area contributed by atoms with Gasteiger partial charge in [-0.2, -0.15) is 0 Å². The molecule has 2 atom stereocenters. The number of rotatable bonds is 14. The normalized spacial score (nSPS) is 22.7. The second-order valence-corrected chi connectivity index (χ2v) is 15.6. The molecule has 0 aromatic heterocycles. The van der Waals surface area contributed by atoms with E-state index in [0.29, 0.717) is 5.92 Å². The fourth-order valence-electron chi connectivity index (χ4n) is 4.53. The maximum atomic E-state index is 6.63. The van der Waals surface area contributed by atoms with Crippen LogP contribution < -0.4 is 5.73 Å². The summed E-state index contributed by atoms with van der Waals surface area (Å²) < 4.78 is 0. The molecular formula is C24H49N2P. The zero-order valence-corrected chi connectivity index (χ0v) is 20.4. The summed E-state index contributed by atoms with van der Waals surface area (Å²) in [5.74, 6) is 0.679. The molecule has 0 aromatic carbocycles. The monoisotopic (exact) mass is 396 g/mol. The van der Waals surface area contributed by atoms with Crippen molar-refractivity contribution in [1.82, 2.24) is 4.90 Å². The van der Waals surface area contributed by atoms with E-state index in [1.54, 1.807) is 5.57 Å². The second kappa shape index (κ2) is 11.6. The zero-order chi connectivity index (χ0) is 20.5. The van der Waals surface area contributed by atoms with Gasteiger partial charge in [0.25, 0.3) is 0 Å². The average Bonchev–Trinajstić information content (AvgIpc) is 2.58. The van der Waals surface area contributed by atoms with E-state index >= 15 is 0 Å². The van der Waals surface area contributed by atoms with E-state index in [9.17, 15) is 0 Å². The number of nitrogens with two attached hydrogens (primary N) is 1. The first-order chi connectivity index (χ1) is 12.6. The molecule has 1 heterocycles. The summed E-state index contributed by atoms with van der Waals surface area (Å²) in [5, 5.41) is 0. The van der Waals surface area contributed by atoms with Crippen molar-refractivity contribution in [1.29, 1.82) is 0 Å². The molecule has 0 saturated carbocycles. The van der Waals surface area contributed by atoms with Crippen molar-refractivity contribution in [2.45, 2.75) is 84.1 Å². The first-order valence-electron chi connectivity index (χ1n) is 11.5. The summed E-state index contributed by atoms with van der Waals surface area (Å²) in [5.41, 5.74) is 9.39. The van der Waals surface area contributed by atoms with Crippen LogP contribution in [0.5, 0.6) is 0 Å². The Morgan fingerprint density at radius 2 is 1.81 bits per heavy atom. The number of nitrogens with zero attached hydrogens (tertiary/aromatic N) is 1. The third kappa shape index (κ3) is 8.70. The Morgan fingerprint density at radius 3 is 2.37 bits per heavy atom. The van der Waals surface area contributed by atoms with E-state index in [1.807, 2.05) is 0 Å². The number of unbranched alkanes of at least 4 members (excludes halogenated alkanes) is 5. The number of hydrogen-bond donors (Lipinski definition) is 1. The third-order valence-corrected chi connectivity index (χ3v) is 7.72. The summed E-state index contributed by atoms with van der Waals surface area (Å²) in [6, 6.07) is 0. The van der Waals surface area contributed by atoms with Crippen LogP contribution in [0, 0.1) is 5.92 Å². The molecule has 1 rings (SSSR count). The summed E-state index contributed by atoms with van der Waals surface area (Å²) in [7, 11) is -1.16. The molecule has 3 heteroatoms. The van der Waals surface area contributed by atoms with Crippen molar-refractivity contribution in [2.75, 3.05) is 39.2 Å². The number of hydrogen-bond acceptors (Lipinski definition) is 2. The van der Waals surface area contributed by atoms with Gasteiger partial charge < -0.3 is 0 Å².